The number of thiocarbonyl (C=S) groups is 1. The molecule has 4 aromatic rings. The Labute approximate surface area is 214 Å². The number of nitrogens with zero attached hydrogens (tertiary/aromatic N) is 2. The molecule has 1 aromatic heterocycles. The van der Waals surface area contributed by atoms with Gasteiger partial charge in [0.2, 0.25) is 5.91 Å². The van der Waals surface area contributed by atoms with Crippen molar-refractivity contribution < 1.29 is 14.3 Å². The lowest BCUT2D eigenvalue weighted by molar-refractivity contribution is -0.124. The van der Waals surface area contributed by atoms with Gasteiger partial charge in [0.05, 0.1) is 19.2 Å². The standard InChI is InChI=1S/C28H26N4O3S/c1-35-22-12-13-24-23(16-22)19(18-29-24)14-15-31-25(17-26(33)30-20-8-4-2-5-9-20)27(34)32(28(31)36)21-10-6-3-7-11-21/h2-13,16,18,25,29H,14-15,17H2,1H3,(H,30,33)/t25-/m1/s1. The molecule has 2 N–H and O–H groups in total. The molecule has 1 aliphatic rings. The van der Waals surface area contributed by atoms with E-state index in [0.29, 0.717) is 29.5 Å². The molecule has 1 atom stereocenters. The Morgan fingerprint density at radius 1 is 1.06 bits per heavy atom. The molecule has 1 fully saturated rings. The number of hydrogen-bond donors (Lipinski definition) is 2. The second-order valence-corrected chi connectivity index (χ2v) is 8.96. The minimum absolute atomic E-state index is 0.00108. The number of nitrogens with one attached hydrogen (secondary N) is 2. The normalized spacial score (nSPS) is 15.5. The topological polar surface area (TPSA) is 77.7 Å². The summed E-state index contributed by atoms with van der Waals surface area (Å²) in [5.74, 6) is 0.343. The molecule has 0 spiro atoms. The van der Waals surface area contributed by atoms with E-state index in [4.69, 9.17) is 17.0 Å². The number of rotatable bonds is 8. The molecule has 1 aliphatic heterocycles. The zero-order valence-electron chi connectivity index (χ0n) is 19.8. The number of benzene rings is 3. The van der Waals surface area contributed by atoms with Crippen LogP contribution in [0, 0.1) is 0 Å². The molecule has 7 nitrogen and oxygen atoms in total. The van der Waals surface area contributed by atoms with Gasteiger partial charge in [0.25, 0.3) is 5.91 Å². The van der Waals surface area contributed by atoms with Crippen LogP contribution in [0.25, 0.3) is 10.9 Å². The molecule has 5 rings (SSSR count). The Bertz CT molecular complexity index is 1400. The van der Waals surface area contributed by atoms with Crippen LogP contribution in [0.15, 0.2) is 85.1 Å². The molecule has 182 valence electrons. The SMILES string of the molecule is COc1ccc2[nH]cc(CCN3C(=S)N(c4ccccc4)C(=O)[C@H]3CC(=O)Nc3ccccc3)c2c1. The van der Waals surface area contributed by atoms with Crippen molar-refractivity contribution in [2.24, 2.45) is 0 Å². The average Bonchev–Trinajstić information content (AvgIpc) is 3.41. The van der Waals surface area contributed by atoms with E-state index in [0.717, 1.165) is 22.2 Å². The summed E-state index contributed by atoms with van der Waals surface area (Å²) in [6.45, 7) is 0.487. The van der Waals surface area contributed by atoms with Crippen LogP contribution in [0.2, 0.25) is 0 Å². The summed E-state index contributed by atoms with van der Waals surface area (Å²) in [6.07, 6.45) is 2.61. The number of anilines is 2. The largest absolute Gasteiger partial charge is 0.497 e. The van der Waals surface area contributed by atoms with Crippen LogP contribution in [0.4, 0.5) is 11.4 Å². The quantitative estimate of drug-likeness (QED) is 0.343. The minimum atomic E-state index is -0.693. The number of fused-ring (bicyclic) bond motifs is 1. The van der Waals surface area contributed by atoms with Crippen LogP contribution in [0.3, 0.4) is 0 Å². The van der Waals surface area contributed by atoms with Gasteiger partial charge in [-0.3, -0.25) is 14.5 Å². The van der Waals surface area contributed by atoms with E-state index >= 15 is 0 Å². The number of methoxy groups -OCH3 is 1. The number of aromatic nitrogens is 1. The fourth-order valence-corrected chi connectivity index (χ4v) is 4.96. The summed E-state index contributed by atoms with van der Waals surface area (Å²) >= 11 is 5.78. The summed E-state index contributed by atoms with van der Waals surface area (Å²) in [4.78, 5) is 33.2. The third kappa shape index (κ3) is 4.67. The monoisotopic (exact) mass is 498 g/mol. The minimum Gasteiger partial charge on any atom is -0.497 e. The molecule has 0 unspecified atom stereocenters. The number of amides is 2. The second kappa shape index (κ2) is 10.2. The Morgan fingerprint density at radius 2 is 1.78 bits per heavy atom. The van der Waals surface area contributed by atoms with Crippen molar-refractivity contribution in [3.05, 3.63) is 90.6 Å². The summed E-state index contributed by atoms with van der Waals surface area (Å²) in [5.41, 5.74) is 3.48. The highest BCUT2D eigenvalue weighted by Gasteiger charge is 2.43. The highest BCUT2D eigenvalue weighted by atomic mass is 32.1. The number of aromatic amines is 1. The maximum atomic E-state index is 13.6. The molecule has 0 radical (unpaired) electrons. The summed E-state index contributed by atoms with van der Waals surface area (Å²) in [5, 5.41) is 4.35. The van der Waals surface area contributed by atoms with Crippen molar-refractivity contribution >= 4 is 51.4 Å². The lowest BCUT2D eigenvalue weighted by Crippen LogP contribution is -2.39. The zero-order valence-corrected chi connectivity index (χ0v) is 20.6. The van der Waals surface area contributed by atoms with Crippen LogP contribution in [-0.2, 0) is 16.0 Å². The molecule has 0 aliphatic carbocycles. The number of ether oxygens (including phenoxy) is 1. The van der Waals surface area contributed by atoms with E-state index < -0.39 is 6.04 Å². The van der Waals surface area contributed by atoms with Crippen molar-refractivity contribution in [3.8, 4) is 5.75 Å². The predicted molar refractivity (Wildman–Crippen MR) is 145 cm³/mol. The van der Waals surface area contributed by atoms with Gasteiger partial charge in [0, 0.05) is 29.3 Å². The van der Waals surface area contributed by atoms with Gasteiger partial charge in [-0.05, 0) is 66.7 Å². The highest BCUT2D eigenvalue weighted by molar-refractivity contribution is 7.80. The maximum absolute atomic E-state index is 13.6. The van der Waals surface area contributed by atoms with Gasteiger partial charge in [-0.15, -0.1) is 0 Å². The van der Waals surface area contributed by atoms with E-state index in [9.17, 15) is 9.59 Å². The van der Waals surface area contributed by atoms with Crippen molar-refractivity contribution in [1.82, 2.24) is 9.88 Å². The van der Waals surface area contributed by atoms with Crippen LogP contribution < -0.4 is 15.0 Å². The third-order valence-electron chi connectivity index (χ3n) is 6.37. The summed E-state index contributed by atoms with van der Waals surface area (Å²) in [6, 6.07) is 23.7. The first-order chi connectivity index (χ1) is 17.5. The van der Waals surface area contributed by atoms with Gasteiger partial charge in [-0.25, -0.2) is 0 Å². The van der Waals surface area contributed by atoms with Gasteiger partial charge in [0.15, 0.2) is 5.11 Å². The molecule has 8 heteroatoms. The Morgan fingerprint density at radius 3 is 2.50 bits per heavy atom. The molecule has 3 aromatic carbocycles. The molecule has 0 saturated carbocycles. The summed E-state index contributed by atoms with van der Waals surface area (Å²) < 4.78 is 5.39. The van der Waals surface area contributed by atoms with Gasteiger partial charge in [-0.1, -0.05) is 36.4 Å². The number of para-hydroxylation sites is 2. The van der Waals surface area contributed by atoms with Crippen molar-refractivity contribution in [1.29, 1.82) is 0 Å². The van der Waals surface area contributed by atoms with Gasteiger partial charge in [0.1, 0.15) is 11.8 Å². The van der Waals surface area contributed by atoms with Crippen LogP contribution in [0.1, 0.15) is 12.0 Å². The molecule has 2 amide bonds. The Balaban J connectivity index is 1.39. The number of carbonyl (C=O) groups is 2. The van der Waals surface area contributed by atoms with E-state index in [-0.39, 0.29) is 18.2 Å². The van der Waals surface area contributed by atoms with E-state index in [1.807, 2.05) is 90.0 Å². The second-order valence-electron chi connectivity index (χ2n) is 8.59. The van der Waals surface area contributed by atoms with Crippen LogP contribution in [-0.4, -0.2) is 46.5 Å². The molecular weight excluding hydrogens is 472 g/mol. The first-order valence-corrected chi connectivity index (χ1v) is 12.1. The first kappa shape index (κ1) is 23.6. The van der Waals surface area contributed by atoms with Crippen molar-refractivity contribution in [2.45, 2.75) is 18.9 Å². The number of hydrogen-bond acceptors (Lipinski definition) is 4. The third-order valence-corrected chi connectivity index (χ3v) is 6.78. The lowest BCUT2D eigenvalue weighted by Gasteiger charge is -2.24. The van der Waals surface area contributed by atoms with Gasteiger partial charge in [-0.2, -0.15) is 0 Å². The molecule has 36 heavy (non-hydrogen) atoms. The maximum Gasteiger partial charge on any atom is 0.256 e. The van der Waals surface area contributed by atoms with Gasteiger partial charge >= 0.3 is 0 Å². The van der Waals surface area contributed by atoms with E-state index in [2.05, 4.69) is 10.3 Å². The molecular formula is C28H26N4O3S. The number of H-pyrrole nitrogens is 1. The fourth-order valence-electron chi connectivity index (χ4n) is 4.54. The van der Waals surface area contributed by atoms with Crippen LogP contribution >= 0.6 is 12.2 Å². The predicted octanol–water partition coefficient (Wildman–Crippen LogP) is 4.75. The Kier molecular flexibility index (Phi) is 6.69. The van der Waals surface area contributed by atoms with E-state index in [1.165, 1.54) is 4.90 Å². The average molecular weight is 499 g/mol. The van der Waals surface area contributed by atoms with Crippen molar-refractivity contribution in [3.63, 3.8) is 0 Å². The molecule has 0 bridgehead atoms. The zero-order chi connectivity index (χ0) is 25.1. The Hall–Kier alpha value is -4.17. The van der Waals surface area contributed by atoms with Crippen LogP contribution in [0.5, 0.6) is 5.75 Å². The molecule has 2 heterocycles. The fraction of sp³-hybridized carbons (Fsp3) is 0.179. The highest BCUT2D eigenvalue weighted by Crippen LogP contribution is 2.29. The summed E-state index contributed by atoms with van der Waals surface area (Å²) in [7, 11) is 1.64. The lowest BCUT2D eigenvalue weighted by atomic mass is 10.1. The smallest absolute Gasteiger partial charge is 0.256 e. The molecule has 1 saturated heterocycles. The number of carbonyl (C=O) groups excluding carboxylic acids is 2. The van der Waals surface area contributed by atoms with Crippen molar-refractivity contribution in [2.75, 3.05) is 23.9 Å². The van der Waals surface area contributed by atoms with Gasteiger partial charge < -0.3 is 19.9 Å². The first-order valence-electron chi connectivity index (χ1n) is 11.7. The van der Waals surface area contributed by atoms with E-state index in [1.54, 1.807) is 7.11 Å².